The van der Waals surface area contributed by atoms with Gasteiger partial charge in [0.2, 0.25) is 0 Å². The monoisotopic (exact) mass is 416 g/mol. The molecule has 1 aliphatic heterocycles. The smallest absolute Gasteiger partial charge is 0.191 e. The lowest BCUT2D eigenvalue weighted by molar-refractivity contribution is 0.177. The van der Waals surface area contributed by atoms with Gasteiger partial charge in [0.25, 0.3) is 0 Å². The summed E-state index contributed by atoms with van der Waals surface area (Å²) in [4.78, 5) is 9.28. The molecule has 1 unspecified atom stereocenters. The summed E-state index contributed by atoms with van der Waals surface area (Å²) < 4.78 is 17.8. The van der Waals surface area contributed by atoms with E-state index in [1.807, 2.05) is 22.9 Å². The molecule has 0 amide bonds. The predicted octanol–water partition coefficient (Wildman–Crippen LogP) is 1.55. The third-order valence-corrected chi connectivity index (χ3v) is 4.98. The summed E-state index contributed by atoms with van der Waals surface area (Å²) in [5, 5.41) is 11.4. The van der Waals surface area contributed by atoms with Crippen molar-refractivity contribution in [3.05, 3.63) is 35.4 Å². The van der Waals surface area contributed by atoms with E-state index in [2.05, 4.69) is 27.6 Å². The van der Waals surface area contributed by atoms with Crippen molar-refractivity contribution in [2.75, 3.05) is 34.4 Å². The molecule has 2 aromatic rings. The number of nitrogens with one attached hydrogen (secondary N) is 2. The molecular formula is C21H32N6O3. The lowest BCUT2D eigenvalue weighted by Crippen LogP contribution is -2.47. The number of benzene rings is 1. The van der Waals surface area contributed by atoms with E-state index in [4.69, 9.17) is 19.2 Å². The molecule has 0 spiro atoms. The number of ether oxygens (including phenoxy) is 3. The van der Waals surface area contributed by atoms with Gasteiger partial charge in [0.05, 0.1) is 20.8 Å². The second kappa shape index (κ2) is 10.8. The zero-order valence-electron chi connectivity index (χ0n) is 18.3. The maximum Gasteiger partial charge on any atom is 0.191 e. The van der Waals surface area contributed by atoms with Crippen molar-refractivity contribution in [3.8, 4) is 11.5 Å². The van der Waals surface area contributed by atoms with E-state index in [9.17, 15) is 0 Å². The van der Waals surface area contributed by atoms with Crippen molar-refractivity contribution in [1.29, 1.82) is 0 Å². The maximum absolute atomic E-state index is 5.38. The number of fused-ring (bicyclic) bond motifs is 1. The largest absolute Gasteiger partial charge is 0.493 e. The van der Waals surface area contributed by atoms with Crippen molar-refractivity contribution >= 4 is 5.96 Å². The molecule has 1 aromatic heterocycles. The number of aryl methyl sites for hydroxylation is 1. The van der Waals surface area contributed by atoms with Crippen LogP contribution in [0.15, 0.2) is 23.2 Å². The molecule has 0 fully saturated rings. The molecule has 1 aliphatic rings. The Morgan fingerprint density at radius 3 is 2.80 bits per heavy atom. The highest BCUT2D eigenvalue weighted by atomic mass is 16.5. The summed E-state index contributed by atoms with van der Waals surface area (Å²) in [6, 6.07) is 6.23. The molecule has 164 valence electrons. The van der Waals surface area contributed by atoms with Crippen LogP contribution in [0, 0.1) is 0 Å². The second-order valence-electron chi connectivity index (χ2n) is 7.14. The average Bonchev–Trinajstić information content (AvgIpc) is 3.15. The van der Waals surface area contributed by atoms with Gasteiger partial charge >= 0.3 is 0 Å². The SMILES string of the molecule is CCNC(=NCCc1ccc(OC)c(OC)c1)NC1CCc2nc(COC)nn2C1. The number of methoxy groups -OCH3 is 3. The summed E-state index contributed by atoms with van der Waals surface area (Å²) in [5.74, 6) is 4.06. The van der Waals surface area contributed by atoms with Crippen molar-refractivity contribution in [1.82, 2.24) is 25.4 Å². The predicted molar refractivity (Wildman–Crippen MR) is 115 cm³/mol. The zero-order chi connectivity index (χ0) is 21.3. The molecule has 2 heterocycles. The van der Waals surface area contributed by atoms with Gasteiger partial charge in [0.1, 0.15) is 12.4 Å². The first-order valence-corrected chi connectivity index (χ1v) is 10.3. The summed E-state index contributed by atoms with van der Waals surface area (Å²) in [5.41, 5.74) is 1.16. The summed E-state index contributed by atoms with van der Waals surface area (Å²) in [6.07, 6.45) is 2.69. The van der Waals surface area contributed by atoms with Crippen LogP contribution in [0.5, 0.6) is 11.5 Å². The van der Waals surface area contributed by atoms with E-state index in [1.54, 1.807) is 21.3 Å². The fraction of sp³-hybridized carbons (Fsp3) is 0.571. The van der Waals surface area contributed by atoms with E-state index in [-0.39, 0.29) is 6.04 Å². The first-order valence-electron chi connectivity index (χ1n) is 10.3. The molecule has 30 heavy (non-hydrogen) atoms. The van der Waals surface area contributed by atoms with Gasteiger partial charge < -0.3 is 24.8 Å². The number of hydrogen-bond acceptors (Lipinski definition) is 6. The highest BCUT2D eigenvalue weighted by molar-refractivity contribution is 5.80. The Morgan fingerprint density at radius 1 is 1.23 bits per heavy atom. The number of rotatable bonds is 9. The third kappa shape index (κ3) is 5.63. The van der Waals surface area contributed by atoms with E-state index >= 15 is 0 Å². The summed E-state index contributed by atoms with van der Waals surface area (Å²) in [6.45, 7) is 4.76. The van der Waals surface area contributed by atoms with Gasteiger partial charge in [0, 0.05) is 32.7 Å². The van der Waals surface area contributed by atoms with Crippen LogP contribution < -0.4 is 20.1 Å². The minimum Gasteiger partial charge on any atom is -0.493 e. The number of aliphatic imine (C=N–C) groups is 1. The second-order valence-corrected chi connectivity index (χ2v) is 7.14. The molecule has 2 N–H and O–H groups in total. The lowest BCUT2D eigenvalue weighted by atomic mass is 10.1. The Balaban J connectivity index is 1.58. The molecule has 0 saturated heterocycles. The van der Waals surface area contributed by atoms with Crippen LogP contribution in [-0.2, 0) is 30.7 Å². The van der Waals surface area contributed by atoms with E-state index in [0.29, 0.717) is 13.2 Å². The van der Waals surface area contributed by atoms with Crippen LogP contribution in [0.3, 0.4) is 0 Å². The highest BCUT2D eigenvalue weighted by Gasteiger charge is 2.22. The van der Waals surface area contributed by atoms with Gasteiger partial charge in [-0.25, -0.2) is 9.67 Å². The van der Waals surface area contributed by atoms with Gasteiger partial charge in [-0.05, 0) is 37.5 Å². The first-order chi connectivity index (χ1) is 14.7. The minimum atomic E-state index is 0.258. The van der Waals surface area contributed by atoms with E-state index in [1.165, 1.54) is 0 Å². The van der Waals surface area contributed by atoms with Crippen LogP contribution in [0.4, 0.5) is 0 Å². The van der Waals surface area contributed by atoms with E-state index < -0.39 is 0 Å². The number of guanidine groups is 1. The molecule has 0 saturated carbocycles. The quantitative estimate of drug-likeness (QED) is 0.473. The lowest BCUT2D eigenvalue weighted by Gasteiger charge is -2.25. The van der Waals surface area contributed by atoms with Crippen LogP contribution in [0.1, 0.15) is 30.6 Å². The summed E-state index contributed by atoms with van der Waals surface area (Å²) >= 11 is 0. The Kier molecular flexibility index (Phi) is 7.89. The average molecular weight is 417 g/mol. The highest BCUT2D eigenvalue weighted by Crippen LogP contribution is 2.27. The molecule has 3 rings (SSSR count). The van der Waals surface area contributed by atoms with Gasteiger partial charge in [0.15, 0.2) is 23.3 Å². The molecule has 1 atom stereocenters. The van der Waals surface area contributed by atoms with Crippen molar-refractivity contribution in [3.63, 3.8) is 0 Å². The fourth-order valence-electron chi connectivity index (χ4n) is 3.52. The normalized spacial score (nSPS) is 16.1. The number of hydrogen-bond donors (Lipinski definition) is 2. The topological polar surface area (TPSA) is 94.8 Å². The van der Waals surface area contributed by atoms with Crippen LogP contribution >= 0.6 is 0 Å². The zero-order valence-corrected chi connectivity index (χ0v) is 18.3. The maximum atomic E-state index is 5.38. The number of nitrogens with zero attached hydrogens (tertiary/aromatic N) is 4. The van der Waals surface area contributed by atoms with Crippen molar-refractivity contribution in [2.45, 2.75) is 45.4 Å². The van der Waals surface area contributed by atoms with Gasteiger partial charge in [-0.1, -0.05) is 6.07 Å². The molecule has 0 aliphatic carbocycles. The molecule has 0 radical (unpaired) electrons. The Bertz CT molecular complexity index is 851. The Hall–Kier alpha value is -2.81. The van der Waals surface area contributed by atoms with E-state index in [0.717, 1.165) is 67.0 Å². The number of aromatic nitrogens is 3. The van der Waals surface area contributed by atoms with Gasteiger partial charge in [-0.15, -0.1) is 0 Å². The van der Waals surface area contributed by atoms with Crippen molar-refractivity contribution < 1.29 is 14.2 Å². The third-order valence-electron chi connectivity index (χ3n) is 4.98. The Labute approximate surface area is 177 Å². The van der Waals surface area contributed by atoms with Gasteiger partial charge in [-0.2, -0.15) is 5.10 Å². The molecule has 9 nitrogen and oxygen atoms in total. The van der Waals surface area contributed by atoms with Crippen LogP contribution in [0.2, 0.25) is 0 Å². The summed E-state index contributed by atoms with van der Waals surface area (Å²) in [7, 11) is 4.95. The molecular weight excluding hydrogens is 384 g/mol. The van der Waals surface area contributed by atoms with Gasteiger partial charge in [-0.3, -0.25) is 4.99 Å². The Morgan fingerprint density at radius 2 is 2.07 bits per heavy atom. The molecule has 0 bridgehead atoms. The molecule has 9 heteroatoms. The fourth-order valence-corrected chi connectivity index (χ4v) is 3.52. The van der Waals surface area contributed by atoms with Crippen LogP contribution in [-0.4, -0.2) is 61.2 Å². The molecule has 1 aromatic carbocycles. The van der Waals surface area contributed by atoms with Crippen LogP contribution in [0.25, 0.3) is 0 Å². The minimum absolute atomic E-state index is 0.258. The standard InChI is InChI=1S/C21H32N6O3/c1-5-22-21(23-11-10-15-6-8-17(29-3)18(12-15)30-4)24-16-7-9-20-25-19(14-28-2)26-27(20)13-16/h6,8,12,16H,5,7,9-11,13-14H2,1-4H3,(H2,22,23,24). The van der Waals surface area contributed by atoms with Crippen molar-refractivity contribution in [2.24, 2.45) is 4.99 Å². The first kappa shape index (κ1) is 21.9.